The Labute approximate surface area is 180 Å². The molecule has 2 aromatic carbocycles. The molecule has 0 atom stereocenters. The van der Waals surface area contributed by atoms with Gasteiger partial charge in [0.25, 0.3) is 0 Å². The van der Waals surface area contributed by atoms with Gasteiger partial charge in [0.15, 0.2) is 11.6 Å². The van der Waals surface area contributed by atoms with Crippen LogP contribution in [0.25, 0.3) is 16.7 Å². The Balaban J connectivity index is 2.29. The standard InChI is InChI=1S/C23H23Cl2FO3/c1-6-12-7-8-13(14-9-10-16(24)18(25)19(14)26)11-15(12)17-20(27)22(2,3)29-23(4,5)21(17)28/h7-11,27H,6H2,1-5H3. The first-order valence-electron chi connectivity index (χ1n) is 9.36. The predicted molar refractivity (Wildman–Crippen MR) is 115 cm³/mol. The summed E-state index contributed by atoms with van der Waals surface area (Å²) >= 11 is 11.9. The van der Waals surface area contributed by atoms with Gasteiger partial charge in [-0.2, -0.15) is 0 Å². The molecule has 29 heavy (non-hydrogen) atoms. The van der Waals surface area contributed by atoms with Crippen LogP contribution in [0.1, 0.15) is 45.7 Å². The third-order valence-electron chi connectivity index (χ3n) is 5.20. The van der Waals surface area contributed by atoms with Crippen LogP contribution >= 0.6 is 23.2 Å². The molecule has 1 heterocycles. The average Bonchev–Trinajstić information content (AvgIpc) is 2.64. The zero-order chi connectivity index (χ0) is 21.7. The van der Waals surface area contributed by atoms with E-state index in [1.54, 1.807) is 45.9 Å². The molecule has 0 aromatic heterocycles. The summed E-state index contributed by atoms with van der Waals surface area (Å²) < 4.78 is 20.6. The van der Waals surface area contributed by atoms with E-state index in [4.69, 9.17) is 27.9 Å². The molecule has 0 radical (unpaired) electrons. The van der Waals surface area contributed by atoms with Crippen LogP contribution in [0.15, 0.2) is 36.1 Å². The van der Waals surface area contributed by atoms with Gasteiger partial charge < -0.3 is 9.84 Å². The Morgan fingerprint density at radius 2 is 1.69 bits per heavy atom. The molecule has 0 saturated carbocycles. The number of hydrogen-bond donors (Lipinski definition) is 1. The zero-order valence-corrected chi connectivity index (χ0v) is 18.5. The van der Waals surface area contributed by atoms with Gasteiger partial charge in [-0.3, -0.25) is 4.79 Å². The molecule has 3 nitrogen and oxygen atoms in total. The van der Waals surface area contributed by atoms with E-state index in [1.807, 2.05) is 13.0 Å². The normalized spacial score (nSPS) is 18.3. The van der Waals surface area contributed by atoms with E-state index in [0.29, 0.717) is 17.5 Å². The van der Waals surface area contributed by atoms with Gasteiger partial charge in [0.1, 0.15) is 17.0 Å². The van der Waals surface area contributed by atoms with Gasteiger partial charge in [-0.25, -0.2) is 4.39 Å². The quantitative estimate of drug-likeness (QED) is 0.538. The van der Waals surface area contributed by atoms with Gasteiger partial charge in [-0.1, -0.05) is 42.3 Å². The number of benzene rings is 2. The molecule has 0 unspecified atom stereocenters. The van der Waals surface area contributed by atoms with Crippen molar-refractivity contribution in [1.29, 1.82) is 0 Å². The SMILES string of the molecule is CCc1ccc(-c2ccc(Cl)c(Cl)c2F)cc1C1=C(O)C(C)(C)OC(C)(C)C1=O. The Morgan fingerprint density at radius 1 is 1.03 bits per heavy atom. The fourth-order valence-electron chi connectivity index (χ4n) is 3.73. The van der Waals surface area contributed by atoms with Crippen molar-refractivity contribution in [1.82, 2.24) is 0 Å². The molecule has 2 aromatic rings. The fraction of sp³-hybridized carbons (Fsp3) is 0.348. The number of Topliss-reactive ketones (excluding diaryl/α,β-unsaturated/α-hetero) is 1. The molecule has 0 fully saturated rings. The lowest BCUT2D eigenvalue weighted by Gasteiger charge is -2.40. The minimum atomic E-state index is -1.11. The molecule has 154 valence electrons. The summed E-state index contributed by atoms with van der Waals surface area (Å²) in [6.45, 7) is 8.74. The summed E-state index contributed by atoms with van der Waals surface area (Å²) in [5.74, 6) is -1.09. The third-order valence-corrected chi connectivity index (χ3v) is 5.98. The lowest BCUT2D eigenvalue weighted by molar-refractivity contribution is -0.158. The maximum atomic E-state index is 14.7. The summed E-state index contributed by atoms with van der Waals surface area (Å²) in [4.78, 5) is 13.2. The van der Waals surface area contributed by atoms with Crippen molar-refractivity contribution in [2.45, 2.75) is 52.2 Å². The van der Waals surface area contributed by atoms with Crippen LogP contribution in [0.4, 0.5) is 4.39 Å². The largest absolute Gasteiger partial charge is 0.508 e. The first-order valence-corrected chi connectivity index (χ1v) is 10.1. The minimum Gasteiger partial charge on any atom is -0.508 e. The number of aliphatic hydroxyl groups is 1. The van der Waals surface area contributed by atoms with Crippen LogP contribution in [0.2, 0.25) is 10.0 Å². The second kappa shape index (κ2) is 7.42. The Bertz CT molecular complexity index is 1040. The molecule has 1 N–H and O–H groups in total. The predicted octanol–water partition coefficient (Wildman–Crippen LogP) is 6.79. The number of aliphatic hydroxyl groups excluding tert-OH is 1. The van der Waals surface area contributed by atoms with Gasteiger partial charge in [-0.05, 0) is 69.0 Å². The highest BCUT2D eigenvalue weighted by Gasteiger charge is 2.47. The molecule has 0 amide bonds. The van der Waals surface area contributed by atoms with Crippen molar-refractivity contribution in [3.8, 4) is 11.1 Å². The minimum absolute atomic E-state index is 0.127. The van der Waals surface area contributed by atoms with Crippen LogP contribution in [0, 0.1) is 5.82 Å². The number of ketones is 1. The summed E-state index contributed by atoms with van der Waals surface area (Å²) in [6.07, 6.45) is 0.630. The Morgan fingerprint density at radius 3 is 2.31 bits per heavy atom. The number of rotatable bonds is 3. The highest BCUT2D eigenvalue weighted by molar-refractivity contribution is 6.42. The Kier molecular flexibility index (Phi) is 5.59. The number of hydrogen-bond acceptors (Lipinski definition) is 3. The number of ether oxygens (including phenoxy) is 1. The molecular formula is C23H23Cl2FO3. The van der Waals surface area contributed by atoms with E-state index in [0.717, 1.165) is 5.56 Å². The van der Waals surface area contributed by atoms with Gasteiger partial charge in [0.2, 0.25) is 0 Å². The van der Waals surface area contributed by atoms with Crippen LogP contribution in [-0.4, -0.2) is 22.1 Å². The van der Waals surface area contributed by atoms with Gasteiger partial charge in [0.05, 0.1) is 15.6 Å². The van der Waals surface area contributed by atoms with E-state index >= 15 is 0 Å². The van der Waals surface area contributed by atoms with Crippen LogP contribution in [-0.2, 0) is 16.0 Å². The number of aryl methyl sites for hydroxylation is 1. The number of carbonyl (C=O) groups is 1. The molecule has 0 spiro atoms. The molecule has 0 aliphatic carbocycles. The lowest BCUT2D eigenvalue weighted by atomic mass is 9.80. The molecule has 0 saturated heterocycles. The number of halogens is 3. The first kappa shape index (κ1) is 21.8. The van der Waals surface area contributed by atoms with E-state index in [1.165, 1.54) is 6.07 Å². The van der Waals surface area contributed by atoms with E-state index in [9.17, 15) is 14.3 Å². The third kappa shape index (κ3) is 3.70. The van der Waals surface area contributed by atoms with Crippen LogP contribution in [0.3, 0.4) is 0 Å². The molecular weight excluding hydrogens is 414 g/mol. The lowest BCUT2D eigenvalue weighted by Crippen LogP contribution is -2.49. The fourth-order valence-corrected chi connectivity index (χ4v) is 4.04. The summed E-state index contributed by atoms with van der Waals surface area (Å²) in [7, 11) is 0. The van der Waals surface area contributed by atoms with E-state index in [-0.39, 0.29) is 32.7 Å². The molecule has 1 aliphatic rings. The molecule has 1 aliphatic heterocycles. The maximum absolute atomic E-state index is 14.7. The van der Waals surface area contributed by atoms with Crippen molar-refractivity contribution in [2.75, 3.05) is 0 Å². The van der Waals surface area contributed by atoms with E-state index in [2.05, 4.69) is 0 Å². The molecule has 0 bridgehead atoms. The number of carbonyl (C=O) groups excluding carboxylic acids is 1. The van der Waals surface area contributed by atoms with Crippen molar-refractivity contribution in [3.63, 3.8) is 0 Å². The smallest absolute Gasteiger partial charge is 0.198 e. The Hall–Kier alpha value is -1.88. The zero-order valence-electron chi connectivity index (χ0n) is 17.0. The maximum Gasteiger partial charge on any atom is 0.198 e. The second-order valence-electron chi connectivity index (χ2n) is 8.12. The first-order chi connectivity index (χ1) is 13.4. The van der Waals surface area contributed by atoms with Crippen molar-refractivity contribution >= 4 is 34.6 Å². The highest BCUT2D eigenvalue weighted by atomic mass is 35.5. The van der Waals surface area contributed by atoms with Gasteiger partial charge in [-0.15, -0.1) is 0 Å². The molecule has 3 rings (SSSR count). The topological polar surface area (TPSA) is 46.5 Å². The monoisotopic (exact) mass is 436 g/mol. The van der Waals surface area contributed by atoms with Gasteiger partial charge in [0, 0.05) is 5.56 Å². The highest BCUT2D eigenvalue weighted by Crippen LogP contribution is 2.42. The van der Waals surface area contributed by atoms with Crippen LogP contribution in [0.5, 0.6) is 0 Å². The molecule has 6 heteroatoms. The van der Waals surface area contributed by atoms with Crippen LogP contribution < -0.4 is 0 Å². The summed E-state index contributed by atoms with van der Waals surface area (Å²) in [5.41, 5.74) is 0.263. The van der Waals surface area contributed by atoms with E-state index < -0.39 is 17.0 Å². The summed E-state index contributed by atoms with van der Waals surface area (Å²) in [5, 5.41) is 10.9. The van der Waals surface area contributed by atoms with Crippen molar-refractivity contribution < 1.29 is 19.0 Å². The van der Waals surface area contributed by atoms with Gasteiger partial charge >= 0.3 is 0 Å². The van der Waals surface area contributed by atoms with Crippen molar-refractivity contribution in [3.05, 3.63) is 63.1 Å². The second-order valence-corrected chi connectivity index (χ2v) is 8.91. The summed E-state index contributed by atoms with van der Waals surface area (Å²) in [6, 6.07) is 8.38. The van der Waals surface area contributed by atoms with Crippen molar-refractivity contribution in [2.24, 2.45) is 0 Å². The average molecular weight is 437 g/mol.